The quantitative estimate of drug-likeness (QED) is 0.699. The Morgan fingerprint density at radius 1 is 1.03 bits per heavy atom. The Morgan fingerprint density at radius 3 is 2.41 bits per heavy atom. The molecule has 0 bridgehead atoms. The maximum Gasteiger partial charge on any atom is 0.142 e. The van der Waals surface area contributed by atoms with Crippen molar-refractivity contribution in [3.63, 3.8) is 0 Å². The first-order valence-corrected chi connectivity index (χ1v) is 10.00. The number of imidazole rings is 1. The highest BCUT2D eigenvalue weighted by Crippen LogP contribution is 2.30. The van der Waals surface area contributed by atoms with Gasteiger partial charge in [0.05, 0.1) is 7.11 Å². The topological polar surface area (TPSA) is 53.8 Å². The molecule has 0 amide bonds. The lowest BCUT2D eigenvalue weighted by atomic mass is 10.0. The van der Waals surface area contributed by atoms with Crippen molar-refractivity contribution >= 4 is 5.69 Å². The molecule has 29 heavy (non-hydrogen) atoms. The van der Waals surface area contributed by atoms with Crippen LogP contribution < -0.4 is 9.64 Å². The molecule has 1 fully saturated rings. The van der Waals surface area contributed by atoms with Crippen molar-refractivity contribution < 1.29 is 9.84 Å². The first-order chi connectivity index (χ1) is 14.2. The van der Waals surface area contributed by atoms with Gasteiger partial charge in [-0.1, -0.05) is 30.3 Å². The monoisotopic (exact) mass is 392 g/mol. The van der Waals surface area contributed by atoms with Crippen LogP contribution in [-0.4, -0.2) is 52.8 Å². The van der Waals surface area contributed by atoms with Crippen molar-refractivity contribution in [1.29, 1.82) is 0 Å². The van der Waals surface area contributed by atoms with Gasteiger partial charge in [-0.25, -0.2) is 4.98 Å². The largest absolute Gasteiger partial charge is 0.497 e. The summed E-state index contributed by atoms with van der Waals surface area (Å²) in [6.07, 6.45) is 2.85. The number of hydrogen-bond donors (Lipinski definition) is 1. The van der Waals surface area contributed by atoms with Gasteiger partial charge in [0.1, 0.15) is 17.7 Å². The molecule has 3 aromatic rings. The van der Waals surface area contributed by atoms with Gasteiger partial charge in [0, 0.05) is 63.4 Å². The maximum atomic E-state index is 10.9. The van der Waals surface area contributed by atoms with Gasteiger partial charge in [-0.05, 0) is 23.8 Å². The standard InChI is InChI=1S/C23H28N4O2/c1-25-12-11-24-23(25)22(28)20-5-3-4-6-21(20)27-15-13-26(14-16-27)17-18-7-9-19(29-2)10-8-18/h3-12,22,28H,13-17H2,1-2H3/t22-/m1/s1. The molecule has 152 valence electrons. The van der Waals surface area contributed by atoms with Crippen molar-refractivity contribution in [2.75, 3.05) is 38.2 Å². The number of aryl methyl sites for hydroxylation is 1. The number of nitrogens with zero attached hydrogens (tertiary/aromatic N) is 4. The number of aromatic nitrogens is 2. The number of benzene rings is 2. The average molecular weight is 393 g/mol. The molecule has 0 saturated carbocycles. The lowest BCUT2D eigenvalue weighted by Gasteiger charge is -2.37. The number of aliphatic hydroxyl groups is 1. The Balaban J connectivity index is 1.43. The van der Waals surface area contributed by atoms with Crippen LogP contribution in [-0.2, 0) is 13.6 Å². The number of methoxy groups -OCH3 is 1. The summed E-state index contributed by atoms with van der Waals surface area (Å²) in [7, 11) is 3.60. The number of ether oxygens (including phenoxy) is 1. The normalized spacial score (nSPS) is 16.0. The van der Waals surface area contributed by atoms with Crippen LogP contribution in [0.2, 0.25) is 0 Å². The number of rotatable bonds is 6. The zero-order valence-electron chi connectivity index (χ0n) is 17.0. The molecule has 6 nitrogen and oxygen atoms in total. The minimum Gasteiger partial charge on any atom is -0.497 e. The van der Waals surface area contributed by atoms with E-state index in [0.29, 0.717) is 5.82 Å². The summed E-state index contributed by atoms with van der Waals surface area (Å²) in [6, 6.07) is 16.4. The van der Waals surface area contributed by atoms with E-state index in [9.17, 15) is 5.11 Å². The lowest BCUT2D eigenvalue weighted by molar-refractivity contribution is 0.205. The molecule has 1 aliphatic heterocycles. The van der Waals surface area contributed by atoms with E-state index in [-0.39, 0.29) is 0 Å². The van der Waals surface area contributed by atoms with E-state index >= 15 is 0 Å². The van der Waals surface area contributed by atoms with Gasteiger partial charge in [0.25, 0.3) is 0 Å². The summed E-state index contributed by atoms with van der Waals surface area (Å²) < 4.78 is 7.11. The zero-order valence-corrected chi connectivity index (χ0v) is 17.0. The molecule has 1 atom stereocenters. The van der Waals surface area contributed by atoms with Gasteiger partial charge < -0.3 is 19.3 Å². The van der Waals surface area contributed by atoms with E-state index in [1.54, 1.807) is 13.3 Å². The molecule has 2 aromatic carbocycles. The van der Waals surface area contributed by atoms with E-state index in [0.717, 1.165) is 49.7 Å². The zero-order chi connectivity index (χ0) is 20.2. The fourth-order valence-corrected chi connectivity index (χ4v) is 3.92. The van der Waals surface area contributed by atoms with Crippen LogP contribution in [0.25, 0.3) is 0 Å². The Labute approximate surface area is 172 Å². The first kappa shape index (κ1) is 19.5. The summed E-state index contributed by atoms with van der Waals surface area (Å²) in [5.41, 5.74) is 3.29. The second kappa shape index (κ2) is 8.68. The minimum atomic E-state index is -0.733. The van der Waals surface area contributed by atoms with Crippen molar-refractivity contribution in [2.24, 2.45) is 7.05 Å². The third kappa shape index (κ3) is 4.28. The number of hydrogen-bond acceptors (Lipinski definition) is 5. The smallest absolute Gasteiger partial charge is 0.142 e. The highest BCUT2D eigenvalue weighted by molar-refractivity contribution is 5.56. The summed E-state index contributed by atoms with van der Waals surface area (Å²) in [6.45, 7) is 4.77. The molecule has 2 heterocycles. The molecule has 4 rings (SSSR count). The summed E-state index contributed by atoms with van der Waals surface area (Å²) >= 11 is 0. The Kier molecular flexibility index (Phi) is 5.83. The Morgan fingerprint density at radius 2 is 1.76 bits per heavy atom. The molecular weight excluding hydrogens is 364 g/mol. The highest BCUT2D eigenvalue weighted by Gasteiger charge is 2.23. The van der Waals surface area contributed by atoms with Crippen molar-refractivity contribution in [2.45, 2.75) is 12.6 Å². The van der Waals surface area contributed by atoms with Crippen LogP contribution in [0.15, 0.2) is 60.9 Å². The third-order valence-corrected chi connectivity index (χ3v) is 5.61. The second-order valence-electron chi connectivity index (χ2n) is 7.47. The summed E-state index contributed by atoms with van der Waals surface area (Å²) in [5, 5.41) is 10.9. The van der Waals surface area contributed by atoms with Gasteiger partial charge in [0.15, 0.2) is 0 Å². The lowest BCUT2D eigenvalue weighted by Crippen LogP contribution is -2.46. The van der Waals surface area contributed by atoms with Gasteiger partial charge in [-0.2, -0.15) is 0 Å². The third-order valence-electron chi connectivity index (χ3n) is 5.61. The highest BCUT2D eigenvalue weighted by atomic mass is 16.5. The van der Waals surface area contributed by atoms with Crippen LogP contribution in [0.4, 0.5) is 5.69 Å². The van der Waals surface area contributed by atoms with Crippen LogP contribution in [0.5, 0.6) is 5.75 Å². The molecule has 1 N–H and O–H groups in total. The van der Waals surface area contributed by atoms with Crippen LogP contribution in [0.3, 0.4) is 0 Å². The van der Waals surface area contributed by atoms with Gasteiger partial charge >= 0.3 is 0 Å². The fourth-order valence-electron chi connectivity index (χ4n) is 3.92. The summed E-state index contributed by atoms with van der Waals surface area (Å²) in [5.74, 6) is 1.55. The van der Waals surface area contributed by atoms with E-state index in [1.807, 2.05) is 48.1 Å². The first-order valence-electron chi connectivity index (χ1n) is 10.00. The molecule has 1 saturated heterocycles. The van der Waals surface area contributed by atoms with Gasteiger partial charge in [-0.3, -0.25) is 4.90 Å². The Bertz CT molecular complexity index is 930. The summed E-state index contributed by atoms with van der Waals surface area (Å²) in [4.78, 5) is 9.16. The number of aliphatic hydroxyl groups excluding tert-OH is 1. The fraction of sp³-hybridized carbons (Fsp3) is 0.348. The minimum absolute atomic E-state index is 0.663. The van der Waals surface area contributed by atoms with Crippen molar-refractivity contribution in [3.05, 3.63) is 77.9 Å². The Hall–Kier alpha value is -2.83. The average Bonchev–Trinajstić information content (AvgIpc) is 3.20. The number of piperazine rings is 1. The SMILES string of the molecule is COc1ccc(CN2CCN(c3ccccc3[C@@H](O)c3nccn3C)CC2)cc1. The molecule has 0 radical (unpaired) electrons. The van der Waals surface area contributed by atoms with Crippen molar-refractivity contribution in [1.82, 2.24) is 14.5 Å². The van der Waals surface area contributed by atoms with E-state index in [1.165, 1.54) is 5.56 Å². The van der Waals surface area contributed by atoms with Crippen molar-refractivity contribution in [3.8, 4) is 5.75 Å². The molecular formula is C23H28N4O2. The number of anilines is 1. The number of para-hydroxylation sites is 1. The molecule has 0 spiro atoms. The molecule has 1 aromatic heterocycles. The maximum absolute atomic E-state index is 10.9. The van der Waals surface area contributed by atoms with Crippen LogP contribution >= 0.6 is 0 Å². The van der Waals surface area contributed by atoms with E-state index in [4.69, 9.17) is 4.74 Å². The van der Waals surface area contributed by atoms with Gasteiger partial charge in [-0.15, -0.1) is 0 Å². The second-order valence-corrected chi connectivity index (χ2v) is 7.47. The predicted molar refractivity (Wildman–Crippen MR) is 114 cm³/mol. The van der Waals surface area contributed by atoms with Crippen LogP contribution in [0.1, 0.15) is 23.1 Å². The predicted octanol–water partition coefficient (Wildman–Crippen LogP) is 2.83. The van der Waals surface area contributed by atoms with Crippen LogP contribution in [0, 0.1) is 0 Å². The molecule has 6 heteroatoms. The molecule has 1 aliphatic rings. The van der Waals surface area contributed by atoms with E-state index < -0.39 is 6.10 Å². The molecule has 0 aliphatic carbocycles. The van der Waals surface area contributed by atoms with E-state index in [2.05, 4.69) is 33.0 Å². The van der Waals surface area contributed by atoms with Gasteiger partial charge in [0.2, 0.25) is 0 Å². The molecule has 0 unspecified atom stereocenters.